The first-order valence-electron chi connectivity index (χ1n) is 5.52. The lowest BCUT2D eigenvalue weighted by Gasteiger charge is -2.08. The van der Waals surface area contributed by atoms with Crippen LogP contribution >= 0.6 is 0 Å². The maximum Gasteiger partial charge on any atom is 0.192 e. The molecule has 0 unspecified atom stereocenters. The molecule has 0 aliphatic carbocycles. The van der Waals surface area contributed by atoms with E-state index in [0.29, 0.717) is 19.0 Å². The van der Waals surface area contributed by atoms with Gasteiger partial charge in [0.2, 0.25) is 0 Å². The van der Waals surface area contributed by atoms with E-state index >= 15 is 0 Å². The van der Waals surface area contributed by atoms with Crippen molar-refractivity contribution in [3.05, 3.63) is 30.2 Å². The third-order valence-corrected chi connectivity index (χ3v) is 2.38. The third kappa shape index (κ3) is 2.58. The molecule has 0 aliphatic heterocycles. The van der Waals surface area contributed by atoms with Gasteiger partial charge in [-0.25, -0.2) is 0 Å². The van der Waals surface area contributed by atoms with Crippen molar-refractivity contribution in [2.45, 2.75) is 6.54 Å². The van der Waals surface area contributed by atoms with Gasteiger partial charge in [-0.15, -0.1) is 16.6 Å². The van der Waals surface area contributed by atoms with Gasteiger partial charge < -0.3 is 10.6 Å². The van der Waals surface area contributed by atoms with Crippen LogP contribution in [0.4, 0.5) is 0 Å². The summed E-state index contributed by atoms with van der Waals surface area (Å²) >= 11 is 0. The number of terminal acetylenes is 1. The summed E-state index contributed by atoms with van der Waals surface area (Å²) < 4.78 is 1.92. The van der Waals surface area contributed by atoms with Gasteiger partial charge >= 0.3 is 0 Å². The van der Waals surface area contributed by atoms with Crippen LogP contribution in [-0.2, 0) is 6.54 Å². The van der Waals surface area contributed by atoms with E-state index in [1.54, 1.807) is 7.05 Å². The van der Waals surface area contributed by atoms with Crippen LogP contribution in [0.25, 0.3) is 5.65 Å². The summed E-state index contributed by atoms with van der Waals surface area (Å²) in [6, 6.07) is 5.77. The number of guanidine groups is 1. The largest absolute Gasteiger partial charge is 0.349 e. The lowest BCUT2D eigenvalue weighted by atomic mass is 10.4. The molecule has 0 amide bonds. The zero-order valence-corrected chi connectivity index (χ0v) is 10.1. The van der Waals surface area contributed by atoms with Gasteiger partial charge in [-0.1, -0.05) is 12.0 Å². The van der Waals surface area contributed by atoms with Crippen LogP contribution in [0.3, 0.4) is 0 Å². The Kier molecular flexibility index (Phi) is 3.76. The van der Waals surface area contributed by atoms with Crippen LogP contribution in [0, 0.1) is 12.3 Å². The van der Waals surface area contributed by atoms with Crippen LogP contribution in [0.5, 0.6) is 0 Å². The van der Waals surface area contributed by atoms with Crippen molar-refractivity contribution in [2.75, 3.05) is 13.6 Å². The highest BCUT2D eigenvalue weighted by Gasteiger charge is 2.04. The molecule has 0 bridgehead atoms. The number of nitrogens with one attached hydrogen (secondary N) is 2. The van der Waals surface area contributed by atoms with Crippen molar-refractivity contribution < 1.29 is 0 Å². The van der Waals surface area contributed by atoms with Gasteiger partial charge in [0.1, 0.15) is 0 Å². The molecule has 2 N–H and O–H groups in total. The molecule has 2 rings (SSSR count). The minimum Gasteiger partial charge on any atom is -0.349 e. The van der Waals surface area contributed by atoms with E-state index in [4.69, 9.17) is 6.42 Å². The first-order valence-corrected chi connectivity index (χ1v) is 5.52. The molecule has 0 saturated heterocycles. The molecular formula is C12H14N6. The fourth-order valence-corrected chi connectivity index (χ4v) is 1.53. The molecule has 0 aliphatic rings. The number of nitrogens with zero attached hydrogens (tertiary/aromatic N) is 4. The lowest BCUT2D eigenvalue weighted by molar-refractivity contribution is 0.781. The van der Waals surface area contributed by atoms with Crippen molar-refractivity contribution in [2.24, 2.45) is 4.99 Å². The molecule has 0 spiro atoms. The second-order valence-corrected chi connectivity index (χ2v) is 3.53. The summed E-state index contributed by atoms with van der Waals surface area (Å²) in [5, 5.41) is 14.3. The maximum absolute atomic E-state index is 5.17. The molecular weight excluding hydrogens is 228 g/mol. The lowest BCUT2D eigenvalue weighted by Crippen LogP contribution is -2.37. The Labute approximate surface area is 105 Å². The Morgan fingerprint density at radius 2 is 2.33 bits per heavy atom. The second kappa shape index (κ2) is 5.68. The summed E-state index contributed by atoms with van der Waals surface area (Å²) in [4.78, 5) is 4.05. The number of pyridine rings is 1. The van der Waals surface area contributed by atoms with Crippen molar-refractivity contribution in [3.63, 3.8) is 0 Å². The Bertz CT molecular complexity index is 592. The molecule has 0 aromatic carbocycles. The van der Waals surface area contributed by atoms with Gasteiger partial charge in [-0.2, -0.15) is 0 Å². The smallest absolute Gasteiger partial charge is 0.192 e. The monoisotopic (exact) mass is 242 g/mol. The number of rotatable bonds is 3. The molecule has 0 radical (unpaired) electrons. The van der Waals surface area contributed by atoms with E-state index in [1.165, 1.54) is 0 Å². The summed E-state index contributed by atoms with van der Waals surface area (Å²) in [5.74, 6) is 3.94. The zero-order valence-electron chi connectivity index (χ0n) is 10.1. The molecule has 92 valence electrons. The average molecular weight is 242 g/mol. The van der Waals surface area contributed by atoms with E-state index in [1.807, 2.05) is 28.8 Å². The normalized spacial score (nSPS) is 11.2. The topological polar surface area (TPSA) is 66.6 Å². The van der Waals surface area contributed by atoms with Gasteiger partial charge in [0.15, 0.2) is 17.4 Å². The highest BCUT2D eigenvalue weighted by Crippen LogP contribution is 2.01. The summed E-state index contributed by atoms with van der Waals surface area (Å²) in [6.45, 7) is 0.954. The Balaban J connectivity index is 2.04. The first-order chi connectivity index (χ1) is 8.85. The Hall–Kier alpha value is -2.55. The number of aromatic nitrogens is 3. The fourth-order valence-electron chi connectivity index (χ4n) is 1.53. The maximum atomic E-state index is 5.17. The van der Waals surface area contributed by atoms with E-state index in [9.17, 15) is 0 Å². The molecule has 6 heteroatoms. The van der Waals surface area contributed by atoms with Gasteiger partial charge in [0, 0.05) is 13.2 Å². The molecule has 0 atom stereocenters. The second-order valence-electron chi connectivity index (χ2n) is 3.53. The Morgan fingerprint density at radius 3 is 3.11 bits per heavy atom. The number of hydrogen-bond acceptors (Lipinski definition) is 3. The van der Waals surface area contributed by atoms with Crippen LogP contribution in [0.15, 0.2) is 29.4 Å². The first kappa shape index (κ1) is 11.9. The predicted octanol–water partition coefficient (Wildman–Crippen LogP) is 0.0275. The number of hydrogen-bond donors (Lipinski definition) is 2. The predicted molar refractivity (Wildman–Crippen MR) is 70.0 cm³/mol. The van der Waals surface area contributed by atoms with Crippen LogP contribution in [0.1, 0.15) is 5.82 Å². The minimum atomic E-state index is 0.431. The quantitative estimate of drug-likeness (QED) is 0.452. The molecule has 18 heavy (non-hydrogen) atoms. The zero-order chi connectivity index (χ0) is 12.8. The van der Waals surface area contributed by atoms with Gasteiger partial charge in [-0.05, 0) is 12.1 Å². The van der Waals surface area contributed by atoms with Crippen molar-refractivity contribution in [1.29, 1.82) is 0 Å². The average Bonchev–Trinajstić information content (AvgIpc) is 2.82. The molecule has 6 nitrogen and oxygen atoms in total. The summed E-state index contributed by atoms with van der Waals surface area (Å²) in [5.41, 5.74) is 0.820. The molecule has 0 saturated carbocycles. The highest BCUT2D eigenvalue weighted by molar-refractivity contribution is 5.79. The Morgan fingerprint density at radius 1 is 1.44 bits per heavy atom. The van der Waals surface area contributed by atoms with E-state index < -0.39 is 0 Å². The van der Waals surface area contributed by atoms with Crippen molar-refractivity contribution in [1.82, 2.24) is 25.2 Å². The summed E-state index contributed by atoms with van der Waals surface area (Å²) in [7, 11) is 1.69. The number of fused-ring (bicyclic) bond motifs is 1. The van der Waals surface area contributed by atoms with Gasteiger partial charge in [0.25, 0.3) is 0 Å². The minimum absolute atomic E-state index is 0.431. The van der Waals surface area contributed by atoms with Crippen molar-refractivity contribution in [3.8, 4) is 12.3 Å². The third-order valence-electron chi connectivity index (χ3n) is 2.38. The molecule has 2 aromatic rings. The number of aliphatic imine (C=N–C) groups is 1. The van der Waals surface area contributed by atoms with Crippen LogP contribution in [-0.4, -0.2) is 34.2 Å². The van der Waals surface area contributed by atoms with Gasteiger partial charge in [-0.3, -0.25) is 9.39 Å². The van der Waals surface area contributed by atoms with Crippen molar-refractivity contribution >= 4 is 11.6 Å². The standard InChI is InChI=1S/C12H14N6/c1-3-7-14-12(13-2)15-9-11-17-16-10-6-4-5-8-18(10)11/h1,4-6,8H,7,9H2,2H3,(H2,13,14,15). The molecule has 0 fully saturated rings. The molecule has 2 aromatic heterocycles. The van der Waals surface area contributed by atoms with Crippen LogP contribution in [0.2, 0.25) is 0 Å². The molecule has 2 heterocycles. The fraction of sp³-hybridized carbons (Fsp3) is 0.250. The SMILES string of the molecule is C#CCNC(=NC)NCc1nnc2ccccn12. The van der Waals surface area contributed by atoms with E-state index in [-0.39, 0.29) is 0 Å². The summed E-state index contributed by atoms with van der Waals surface area (Å²) in [6.07, 6.45) is 7.10. The highest BCUT2D eigenvalue weighted by atomic mass is 15.3. The van der Waals surface area contributed by atoms with Gasteiger partial charge in [0.05, 0.1) is 13.1 Å². The van der Waals surface area contributed by atoms with E-state index in [2.05, 4.69) is 31.7 Å². The van der Waals surface area contributed by atoms with E-state index in [0.717, 1.165) is 11.5 Å². The van der Waals surface area contributed by atoms with Crippen LogP contribution < -0.4 is 10.6 Å².